The second kappa shape index (κ2) is 3.32. The molecular weight excluding hydrogens is 153 g/mol. The van der Waals surface area contributed by atoms with E-state index in [0.717, 1.165) is 12.8 Å². The molecule has 0 atom stereocenters. The molecule has 0 aromatic rings. The Morgan fingerprint density at radius 3 is 2.00 bits per heavy atom. The van der Waals surface area contributed by atoms with Crippen molar-refractivity contribution in [2.75, 3.05) is 0 Å². The van der Waals surface area contributed by atoms with E-state index in [4.69, 9.17) is 0 Å². The van der Waals surface area contributed by atoms with Gasteiger partial charge in [-0.25, -0.2) is 5.14 Å². The topological polar surface area (TPSA) is 69.4 Å². The Labute approximate surface area is 76.3 Å². The summed E-state index contributed by atoms with van der Waals surface area (Å²) in [4.78, 5) is 0. The summed E-state index contributed by atoms with van der Waals surface area (Å²) in [6, 6.07) is 0. The summed E-state index contributed by atoms with van der Waals surface area (Å²) in [5.74, 6) is 0. The van der Waals surface area contributed by atoms with Crippen LogP contribution in [0.5, 0.6) is 0 Å². The summed E-state index contributed by atoms with van der Waals surface area (Å²) < 4.78 is 24.4. The third kappa shape index (κ3) is 5.32. The van der Waals surface area contributed by atoms with Gasteiger partial charge in [0.05, 0.1) is 6.10 Å². The molecule has 0 radical (unpaired) electrons. The molecule has 0 aromatic heterocycles. The molecule has 0 unspecified atom stereocenters. The molecular formula is C3H8NNaO3S. The predicted molar refractivity (Wildman–Crippen MR) is 34.4 cm³/mol. The van der Waals surface area contributed by atoms with Crippen LogP contribution in [0.3, 0.4) is 0 Å². The van der Waals surface area contributed by atoms with E-state index in [0.29, 0.717) is 0 Å². The average Bonchev–Trinajstić information content (AvgIpc) is 2.12. The zero-order valence-electron chi connectivity index (χ0n) is 4.20. The maximum atomic E-state index is 10.0. The van der Waals surface area contributed by atoms with Crippen LogP contribution >= 0.6 is 0 Å². The summed E-state index contributed by atoms with van der Waals surface area (Å²) in [5, 5.41) is 4.53. The number of hydrogen-bond acceptors (Lipinski definition) is 3. The van der Waals surface area contributed by atoms with Crippen LogP contribution in [-0.2, 0) is 14.5 Å². The third-order valence-electron chi connectivity index (χ3n) is 0.795. The van der Waals surface area contributed by atoms with Gasteiger partial charge >= 0.3 is 39.9 Å². The van der Waals surface area contributed by atoms with Crippen LogP contribution < -0.4 is 5.14 Å². The van der Waals surface area contributed by atoms with Gasteiger partial charge in [-0.05, 0) is 12.8 Å². The molecule has 6 heteroatoms. The fourth-order valence-corrected chi connectivity index (χ4v) is 0.926. The van der Waals surface area contributed by atoms with E-state index in [1.807, 2.05) is 0 Å². The quantitative estimate of drug-likeness (QED) is 0.513. The first-order valence-electron chi connectivity index (χ1n) is 2.29. The number of nitrogens with two attached hydrogens (primary N) is 1. The van der Waals surface area contributed by atoms with Crippen molar-refractivity contribution in [2.24, 2.45) is 5.14 Å². The van der Waals surface area contributed by atoms with Gasteiger partial charge in [0.15, 0.2) is 0 Å². The van der Waals surface area contributed by atoms with Crippen LogP contribution in [0.2, 0.25) is 0 Å². The first kappa shape index (κ1) is 9.87. The zero-order chi connectivity index (χ0) is 6.20. The van der Waals surface area contributed by atoms with Gasteiger partial charge in [-0.1, -0.05) is 0 Å². The molecule has 0 aliphatic heterocycles. The molecule has 0 spiro atoms. The molecule has 1 fully saturated rings. The van der Waals surface area contributed by atoms with Gasteiger partial charge in [-0.15, -0.1) is 0 Å². The fourth-order valence-electron chi connectivity index (χ4n) is 0.354. The number of hydrogen-bond donors (Lipinski definition) is 1. The van der Waals surface area contributed by atoms with E-state index in [1.54, 1.807) is 0 Å². The van der Waals surface area contributed by atoms with Gasteiger partial charge in [0.1, 0.15) is 0 Å². The minimum atomic E-state index is -3.66. The van der Waals surface area contributed by atoms with Crippen molar-refractivity contribution in [3.8, 4) is 0 Å². The Bertz CT molecular complexity index is 173. The molecule has 50 valence electrons. The molecule has 0 saturated heterocycles. The van der Waals surface area contributed by atoms with Gasteiger partial charge < -0.3 is 0 Å². The van der Waals surface area contributed by atoms with Crippen molar-refractivity contribution in [3.63, 3.8) is 0 Å². The number of rotatable bonds is 2. The normalized spacial score (nSPS) is 18.8. The predicted octanol–water partition coefficient (Wildman–Crippen LogP) is -1.28. The maximum absolute atomic E-state index is 10.0. The summed E-state index contributed by atoms with van der Waals surface area (Å²) in [5.41, 5.74) is 0. The molecule has 2 N–H and O–H groups in total. The van der Waals surface area contributed by atoms with Crippen molar-refractivity contribution in [1.29, 1.82) is 0 Å². The van der Waals surface area contributed by atoms with Gasteiger partial charge in [-0.3, -0.25) is 4.18 Å². The summed E-state index contributed by atoms with van der Waals surface area (Å²) in [7, 11) is -3.66. The van der Waals surface area contributed by atoms with Crippen LogP contribution in [-0.4, -0.2) is 44.1 Å². The summed E-state index contributed by atoms with van der Waals surface area (Å²) in [6.07, 6.45) is 1.51. The molecule has 1 rings (SSSR count). The van der Waals surface area contributed by atoms with Crippen LogP contribution in [0.25, 0.3) is 0 Å². The van der Waals surface area contributed by atoms with E-state index >= 15 is 0 Å². The molecule has 0 heterocycles. The van der Waals surface area contributed by atoms with E-state index in [2.05, 4.69) is 9.32 Å². The Kier molecular flexibility index (Phi) is 3.64. The molecule has 1 aliphatic carbocycles. The molecule has 4 nitrogen and oxygen atoms in total. The molecule has 0 amide bonds. The first-order valence-corrected chi connectivity index (χ1v) is 3.76. The summed E-state index contributed by atoms with van der Waals surface area (Å²) in [6.45, 7) is 0. The molecule has 0 aromatic carbocycles. The Hall–Kier alpha value is 0.870. The van der Waals surface area contributed by atoms with Gasteiger partial charge in [0, 0.05) is 0 Å². The third-order valence-corrected chi connectivity index (χ3v) is 1.33. The van der Waals surface area contributed by atoms with Gasteiger partial charge in [-0.2, -0.15) is 8.42 Å². The van der Waals surface area contributed by atoms with E-state index in [9.17, 15) is 8.42 Å². The van der Waals surface area contributed by atoms with Crippen LogP contribution in [0, 0.1) is 0 Å². The Morgan fingerprint density at radius 2 is 1.89 bits per heavy atom. The summed E-state index contributed by atoms with van der Waals surface area (Å²) >= 11 is 0. The van der Waals surface area contributed by atoms with Crippen molar-refractivity contribution in [1.82, 2.24) is 0 Å². The van der Waals surface area contributed by atoms with Crippen LogP contribution in [0.4, 0.5) is 0 Å². The van der Waals surface area contributed by atoms with Crippen molar-refractivity contribution in [3.05, 3.63) is 0 Å². The second-order valence-electron chi connectivity index (χ2n) is 1.79. The Morgan fingerprint density at radius 1 is 1.44 bits per heavy atom. The van der Waals surface area contributed by atoms with Crippen molar-refractivity contribution < 1.29 is 12.6 Å². The molecule has 1 saturated carbocycles. The van der Waals surface area contributed by atoms with Crippen LogP contribution in [0.1, 0.15) is 12.8 Å². The van der Waals surface area contributed by atoms with Gasteiger partial charge in [0.2, 0.25) is 0 Å². The SMILES string of the molecule is NS(=O)(=O)OC1CC1.[NaH]. The Balaban J connectivity index is 0.000000640. The standard InChI is InChI=1S/C3H7NO3S.Na.H/c4-8(5,6)7-3-1-2-3;;/h3H,1-2H2,(H2,4,5,6);;. The van der Waals surface area contributed by atoms with Crippen molar-refractivity contribution in [2.45, 2.75) is 18.9 Å². The van der Waals surface area contributed by atoms with E-state index < -0.39 is 10.3 Å². The van der Waals surface area contributed by atoms with E-state index in [-0.39, 0.29) is 35.7 Å². The minimum absolute atomic E-state index is 0. The van der Waals surface area contributed by atoms with Crippen molar-refractivity contribution >= 4 is 39.9 Å². The van der Waals surface area contributed by atoms with Gasteiger partial charge in [0.25, 0.3) is 0 Å². The molecule has 0 bridgehead atoms. The molecule has 1 aliphatic rings. The fraction of sp³-hybridized carbons (Fsp3) is 1.00. The van der Waals surface area contributed by atoms with Crippen LogP contribution in [0.15, 0.2) is 0 Å². The zero-order valence-corrected chi connectivity index (χ0v) is 5.02. The van der Waals surface area contributed by atoms with E-state index in [1.165, 1.54) is 0 Å². The monoisotopic (exact) mass is 161 g/mol. The molecule has 9 heavy (non-hydrogen) atoms. The second-order valence-corrected chi connectivity index (χ2v) is 2.97. The average molecular weight is 161 g/mol. The first-order chi connectivity index (χ1) is 3.58.